The predicted molar refractivity (Wildman–Crippen MR) is 50.4 cm³/mol. The number of hydrogen-bond acceptors (Lipinski definition) is 2. The molecule has 0 saturated heterocycles. The van der Waals surface area contributed by atoms with Crippen LogP contribution in [0.5, 0.6) is 0 Å². The van der Waals surface area contributed by atoms with E-state index in [1.165, 1.54) is 0 Å². The fourth-order valence-electron chi connectivity index (χ4n) is 1.16. The molecular weight excluding hydrogens is 184 g/mol. The molecule has 0 radical (unpaired) electrons. The zero-order chi connectivity index (χ0) is 9.26. The van der Waals surface area contributed by atoms with Crippen molar-refractivity contribution in [3.05, 3.63) is 29.3 Å². The molecule has 0 aromatic carbocycles. The van der Waals surface area contributed by atoms with Crippen molar-refractivity contribution < 1.29 is 4.57 Å². The third-order valence-electron chi connectivity index (χ3n) is 1.88. The third kappa shape index (κ3) is 1.38. The van der Waals surface area contributed by atoms with Gasteiger partial charge in [0.05, 0.1) is 12.6 Å². The molecule has 0 aliphatic heterocycles. The Labute approximate surface area is 80.3 Å². The fraction of sp³-hybridized carbons (Fsp3) is 0.125. The normalized spacial score (nSPS) is 10.2. The molecule has 0 fully saturated rings. The van der Waals surface area contributed by atoms with Gasteiger partial charge >= 0.3 is 4.77 Å². The molecule has 0 bridgehead atoms. The Bertz CT molecular complexity index is 456. The number of nitrogens with zero attached hydrogens (tertiary/aromatic N) is 2. The molecule has 66 valence electrons. The van der Waals surface area contributed by atoms with Crippen molar-refractivity contribution in [3.8, 4) is 11.4 Å². The van der Waals surface area contributed by atoms with Gasteiger partial charge < -0.3 is 0 Å². The summed E-state index contributed by atoms with van der Waals surface area (Å²) in [5.74, 6) is 0.951. The van der Waals surface area contributed by atoms with Crippen molar-refractivity contribution in [2.75, 3.05) is 0 Å². The van der Waals surface area contributed by atoms with Crippen molar-refractivity contribution >= 4 is 12.2 Å². The molecule has 0 unspecified atom stereocenters. The Hall–Kier alpha value is -1.49. The van der Waals surface area contributed by atoms with Crippen molar-refractivity contribution in [2.24, 2.45) is 7.05 Å². The van der Waals surface area contributed by atoms with Gasteiger partial charge in [-0.25, -0.2) is 4.57 Å². The summed E-state index contributed by atoms with van der Waals surface area (Å²) in [7, 11) is 1.91. The number of aromatic amines is 2. The summed E-state index contributed by atoms with van der Waals surface area (Å²) in [4.78, 5) is 3.95. The first-order valence-electron chi connectivity index (χ1n) is 3.86. The zero-order valence-electron chi connectivity index (χ0n) is 7.11. The van der Waals surface area contributed by atoms with Gasteiger partial charge in [0.2, 0.25) is 0 Å². The maximum atomic E-state index is 5.03. The van der Waals surface area contributed by atoms with E-state index in [2.05, 4.69) is 15.2 Å². The molecule has 2 aromatic heterocycles. The van der Waals surface area contributed by atoms with E-state index in [1.54, 1.807) is 12.4 Å². The molecule has 13 heavy (non-hydrogen) atoms. The van der Waals surface area contributed by atoms with Gasteiger partial charge in [-0.15, -0.1) is 0 Å². The number of pyridine rings is 1. The molecule has 0 saturated carbocycles. The molecule has 0 aliphatic rings. The number of aromatic nitrogens is 4. The van der Waals surface area contributed by atoms with E-state index in [9.17, 15) is 0 Å². The van der Waals surface area contributed by atoms with E-state index < -0.39 is 0 Å². The minimum atomic E-state index is 0.673. The maximum Gasteiger partial charge on any atom is 0.323 e. The quantitative estimate of drug-likeness (QED) is 0.523. The SMILES string of the molecule is C[n+]1c(-c2ccncc2)[nH][nH]c1=S. The van der Waals surface area contributed by atoms with Gasteiger partial charge in [-0.05, 0) is 24.4 Å². The van der Waals surface area contributed by atoms with Crippen LogP contribution in [0.3, 0.4) is 0 Å². The topological polar surface area (TPSA) is 48.4 Å². The van der Waals surface area contributed by atoms with Gasteiger partial charge in [0, 0.05) is 12.4 Å². The summed E-state index contributed by atoms with van der Waals surface area (Å²) in [6, 6.07) is 3.85. The average molecular weight is 193 g/mol. The minimum Gasteiger partial charge on any atom is -0.265 e. The number of H-pyrrole nitrogens is 2. The lowest BCUT2D eigenvalue weighted by Gasteiger charge is -1.92. The predicted octanol–water partition coefficient (Wildman–Crippen LogP) is 0.959. The lowest BCUT2D eigenvalue weighted by atomic mass is 10.2. The van der Waals surface area contributed by atoms with E-state index in [1.807, 2.05) is 23.7 Å². The summed E-state index contributed by atoms with van der Waals surface area (Å²) >= 11 is 5.03. The Balaban J connectivity index is 2.60. The Kier molecular flexibility index (Phi) is 1.94. The molecule has 4 nitrogen and oxygen atoms in total. The Morgan fingerprint density at radius 2 is 2.00 bits per heavy atom. The highest BCUT2D eigenvalue weighted by Gasteiger charge is 2.09. The van der Waals surface area contributed by atoms with E-state index in [4.69, 9.17) is 12.2 Å². The average Bonchev–Trinajstić information content (AvgIpc) is 2.49. The summed E-state index contributed by atoms with van der Waals surface area (Å²) in [5, 5.41) is 5.86. The van der Waals surface area contributed by atoms with Gasteiger partial charge in [-0.2, -0.15) is 10.2 Å². The molecule has 2 heterocycles. The van der Waals surface area contributed by atoms with Crippen LogP contribution in [0.4, 0.5) is 0 Å². The smallest absolute Gasteiger partial charge is 0.265 e. The molecule has 0 amide bonds. The lowest BCUT2D eigenvalue weighted by Crippen LogP contribution is -2.29. The van der Waals surface area contributed by atoms with Crippen LogP contribution < -0.4 is 4.57 Å². The summed E-state index contributed by atoms with van der Waals surface area (Å²) in [5.41, 5.74) is 1.06. The van der Waals surface area contributed by atoms with Gasteiger partial charge in [0.1, 0.15) is 0 Å². The highest BCUT2D eigenvalue weighted by molar-refractivity contribution is 7.71. The summed E-state index contributed by atoms with van der Waals surface area (Å²) in [6.07, 6.45) is 3.50. The Morgan fingerprint density at radius 1 is 1.31 bits per heavy atom. The standard InChI is InChI=1S/C8H8N4S/c1-12-7(10-11-8(12)13)6-2-4-9-5-3-6/h2-5H,1H3,(H,9,11,13)/p+1. The molecule has 0 aliphatic carbocycles. The van der Waals surface area contributed by atoms with Crippen LogP contribution in [0.25, 0.3) is 11.4 Å². The monoisotopic (exact) mass is 193 g/mol. The summed E-state index contributed by atoms with van der Waals surface area (Å²) < 4.78 is 2.55. The number of rotatable bonds is 1. The number of nitrogens with one attached hydrogen (secondary N) is 2. The second kappa shape index (κ2) is 3.10. The second-order valence-electron chi connectivity index (χ2n) is 2.70. The number of hydrogen-bond donors (Lipinski definition) is 2. The second-order valence-corrected chi connectivity index (χ2v) is 3.09. The van der Waals surface area contributed by atoms with Crippen molar-refractivity contribution in [3.63, 3.8) is 0 Å². The van der Waals surface area contributed by atoms with E-state index >= 15 is 0 Å². The van der Waals surface area contributed by atoms with Crippen molar-refractivity contribution in [1.82, 2.24) is 15.2 Å². The summed E-state index contributed by atoms with van der Waals surface area (Å²) in [6.45, 7) is 0. The van der Waals surface area contributed by atoms with Crippen LogP contribution in [0, 0.1) is 4.77 Å². The first-order chi connectivity index (χ1) is 6.29. The van der Waals surface area contributed by atoms with Crippen LogP contribution in [-0.2, 0) is 7.05 Å². The molecule has 5 heteroatoms. The van der Waals surface area contributed by atoms with Crippen LogP contribution in [0.1, 0.15) is 0 Å². The van der Waals surface area contributed by atoms with Gasteiger partial charge in [-0.3, -0.25) is 4.98 Å². The maximum absolute atomic E-state index is 5.03. The van der Waals surface area contributed by atoms with E-state index in [-0.39, 0.29) is 0 Å². The largest absolute Gasteiger partial charge is 0.323 e. The van der Waals surface area contributed by atoms with Gasteiger partial charge in [0.15, 0.2) is 0 Å². The minimum absolute atomic E-state index is 0.673. The Morgan fingerprint density at radius 3 is 2.54 bits per heavy atom. The zero-order valence-corrected chi connectivity index (χ0v) is 7.93. The van der Waals surface area contributed by atoms with Crippen LogP contribution in [-0.4, -0.2) is 15.2 Å². The van der Waals surface area contributed by atoms with Gasteiger partial charge in [0.25, 0.3) is 5.82 Å². The molecule has 2 N–H and O–H groups in total. The molecule has 2 aromatic rings. The lowest BCUT2D eigenvalue weighted by molar-refractivity contribution is -0.667. The molecule has 2 rings (SSSR count). The first kappa shape index (κ1) is 8.12. The van der Waals surface area contributed by atoms with E-state index in [0.29, 0.717) is 4.77 Å². The van der Waals surface area contributed by atoms with Crippen LogP contribution in [0.2, 0.25) is 0 Å². The molecule has 0 atom stereocenters. The van der Waals surface area contributed by atoms with Crippen molar-refractivity contribution in [2.45, 2.75) is 0 Å². The van der Waals surface area contributed by atoms with Crippen molar-refractivity contribution in [1.29, 1.82) is 0 Å². The highest BCUT2D eigenvalue weighted by atomic mass is 32.1. The van der Waals surface area contributed by atoms with Crippen LogP contribution >= 0.6 is 12.2 Å². The third-order valence-corrected chi connectivity index (χ3v) is 2.26. The van der Waals surface area contributed by atoms with Gasteiger partial charge in [-0.1, -0.05) is 0 Å². The fourth-order valence-corrected chi connectivity index (χ4v) is 1.30. The molecular formula is C8H9N4S+. The first-order valence-corrected chi connectivity index (χ1v) is 4.27. The highest BCUT2D eigenvalue weighted by Crippen LogP contribution is 2.09. The van der Waals surface area contributed by atoms with Crippen LogP contribution in [0.15, 0.2) is 24.5 Å². The van der Waals surface area contributed by atoms with E-state index in [0.717, 1.165) is 11.4 Å². The molecule has 0 spiro atoms.